The SMILES string of the molecule is CC(C)(C)OC(=O)N1CCCC([C@@H](OCCN)c2cccc(F)c2)C1. The van der Waals surface area contributed by atoms with Gasteiger partial charge in [-0.05, 0) is 51.3 Å². The van der Waals surface area contributed by atoms with E-state index in [1.165, 1.54) is 12.1 Å². The smallest absolute Gasteiger partial charge is 0.410 e. The maximum absolute atomic E-state index is 13.6. The topological polar surface area (TPSA) is 64.8 Å². The van der Waals surface area contributed by atoms with Crippen LogP contribution in [0.15, 0.2) is 24.3 Å². The first-order chi connectivity index (χ1) is 11.8. The summed E-state index contributed by atoms with van der Waals surface area (Å²) in [5, 5.41) is 0. The summed E-state index contributed by atoms with van der Waals surface area (Å²) in [6.45, 7) is 7.54. The molecule has 0 spiro atoms. The van der Waals surface area contributed by atoms with Crippen molar-refractivity contribution in [2.24, 2.45) is 11.7 Å². The van der Waals surface area contributed by atoms with Gasteiger partial charge < -0.3 is 20.1 Å². The fraction of sp³-hybridized carbons (Fsp3) is 0.632. The number of benzene rings is 1. The van der Waals surface area contributed by atoms with Gasteiger partial charge in [-0.2, -0.15) is 0 Å². The van der Waals surface area contributed by atoms with Gasteiger partial charge in [-0.3, -0.25) is 0 Å². The number of rotatable bonds is 5. The van der Waals surface area contributed by atoms with E-state index in [0.29, 0.717) is 26.2 Å². The van der Waals surface area contributed by atoms with E-state index in [1.807, 2.05) is 26.8 Å². The van der Waals surface area contributed by atoms with Crippen LogP contribution >= 0.6 is 0 Å². The third-order valence-electron chi connectivity index (χ3n) is 4.13. The predicted molar refractivity (Wildman–Crippen MR) is 94.7 cm³/mol. The number of nitrogens with two attached hydrogens (primary N) is 1. The predicted octanol–water partition coefficient (Wildman–Crippen LogP) is 3.49. The zero-order valence-corrected chi connectivity index (χ0v) is 15.3. The third-order valence-corrected chi connectivity index (χ3v) is 4.13. The summed E-state index contributed by atoms with van der Waals surface area (Å²) < 4.78 is 25.1. The Labute approximate surface area is 149 Å². The van der Waals surface area contributed by atoms with Crippen LogP contribution in [0.4, 0.5) is 9.18 Å². The number of hydrogen-bond acceptors (Lipinski definition) is 4. The van der Waals surface area contributed by atoms with Gasteiger partial charge in [0.15, 0.2) is 0 Å². The highest BCUT2D eigenvalue weighted by Crippen LogP contribution is 2.33. The zero-order valence-electron chi connectivity index (χ0n) is 15.3. The van der Waals surface area contributed by atoms with E-state index in [-0.39, 0.29) is 23.9 Å². The molecule has 1 amide bonds. The Kier molecular flexibility index (Phi) is 6.79. The number of hydrogen-bond donors (Lipinski definition) is 1. The molecule has 0 saturated carbocycles. The van der Waals surface area contributed by atoms with E-state index in [9.17, 15) is 9.18 Å². The average Bonchev–Trinajstić information content (AvgIpc) is 2.54. The highest BCUT2D eigenvalue weighted by molar-refractivity contribution is 5.68. The van der Waals surface area contributed by atoms with Crippen LogP contribution in [-0.2, 0) is 9.47 Å². The molecule has 1 saturated heterocycles. The number of carbonyl (C=O) groups is 1. The Morgan fingerprint density at radius 2 is 2.20 bits per heavy atom. The van der Waals surface area contributed by atoms with E-state index in [2.05, 4.69) is 0 Å². The summed E-state index contributed by atoms with van der Waals surface area (Å²) >= 11 is 0. The fourth-order valence-electron chi connectivity index (χ4n) is 3.13. The highest BCUT2D eigenvalue weighted by Gasteiger charge is 2.33. The number of likely N-dealkylation sites (tertiary alicyclic amines) is 1. The summed E-state index contributed by atoms with van der Waals surface area (Å²) in [4.78, 5) is 14.1. The molecular formula is C19H29FN2O3. The second-order valence-electron chi connectivity index (χ2n) is 7.46. The van der Waals surface area contributed by atoms with Crippen LogP contribution in [0.3, 0.4) is 0 Å². The number of halogens is 1. The van der Waals surface area contributed by atoms with Gasteiger partial charge in [0.2, 0.25) is 0 Å². The molecule has 25 heavy (non-hydrogen) atoms. The standard InChI is InChI=1S/C19H29FN2O3/c1-19(2,3)25-18(23)22-10-5-7-15(13-22)17(24-11-9-21)14-6-4-8-16(20)12-14/h4,6,8,12,15,17H,5,7,9-11,13,21H2,1-3H3/t15?,17-/m0/s1. The first-order valence-electron chi connectivity index (χ1n) is 8.85. The number of carbonyl (C=O) groups excluding carboxylic acids is 1. The Bertz CT molecular complexity index is 574. The van der Waals surface area contributed by atoms with Crippen molar-refractivity contribution in [3.63, 3.8) is 0 Å². The van der Waals surface area contributed by atoms with Crippen LogP contribution in [0.5, 0.6) is 0 Å². The minimum atomic E-state index is -0.526. The van der Waals surface area contributed by atoms with E-state index >= 15 is 0 Å². The summed E-state index contributed by atoms with van der Waals surface area (Å²) in [5.41, 5.74) is 5.83. The molecule has 1 fully saturated rings. The average molecular weight is 352 g/mol. The maximum atomic E-state index is 13.6. The lowest BCUT2D eigenvalue weighted by Gasteiger charge is -2.37. The van der Waals surface area contributed by atoms with Crippen molar-refractivity contribution < 1.29 is 18.7 Å². The lowest BCUT2D eigenvalue weighted by molar-refractivity contribution is -0.0234. The zero-order chi connectivity index (χ0) is 18.4. The highest BCUT2D eigenvalue weighted by atomic mass is 19.1. The molecule has 1 aromatic carbocycles. The second-order valence-corrected chi connectivity index (χ2v) is 7.46. The molecule has 5 nitrogen and oxygen atoms in total. The molecule has 2 N–H and O–H groups in total. The van der Waals surface area contributed by atoms with E-state index in [4.69, 9.17) is 15.2 Å². The molecule has 1 unspecified atom stereocenters. The van der Waals surface area contributed by atoms with Crippen LogP contribution in [0.1, 0.15) is 45.3 Å². The van der Waals surface area contributed by atoms with E-state index < -0.39 is 5.60 Å². The van der Waals surface area contributed by atoms with Gasteiger partial charge >= 0.3 is 6.09 Å². The van der Waals surface area contributed by atoms with E-state index in [0.717, 1.165) is 18.4 Å². The molecule has 1 aromatic rings. The van der Waals surface area contributed by atoms with Gasteiger partial charge in [0, 0.05) is 25.6 Å². The molecule has 1 aliphatic heterocycles. The molecule has 0 aromatic heterocycles. The third kappa shape index (κ3) is 5.97. The lowest BCUT2D eigenvalue weighted by atomic mass is 9.88. The Morgan fingerprint density at radius 3 is 2.84 bits per heavy atom. The number of ether oxygens (including phenoxy) is 2. The monoisotopic (exact) mass is 352 g/mol. The largest absolute Gasteiger partial charge is 0.444 e. The number of nitrogens with zero attached hydrogens (tertiary/aromatic N) is 1. The summed E-state index contributed by atoms with van der Waals surface area (Å²) in [7, 11) is 0. The van der Waals surface area contributed by atoms with Crippen molar-refractivity contribution in [3.05, 3.63) is 35.6 Å². The Balaban J connectivity index is 2.12. The van der Waals surface area contributed by atoms with Gasteiger partial charge in [-0.1, -0.05) is 12.1 Å². The molecular weight excluding hydrogens is 323 g/mol. The van der Waals surface area contributed by atoms with Crippen molar-refractivity contribution in [1.29, 1.82) is 0 Å². The minimum Gasteiger partial charge on any atom is -0.444 e. The van der Waals surface area contributed by atoms with Crippen LogP contribution in [0.2, 0.25) is 0 Å². The van der Waals surface area contributed by atoms with Crippen molar-refractivity contribution >= 4 is 6.09 Å². The van der Waals surface area contributed by atoms with Crippen LogP contribution in [-0.4, -0.2) is 42.8 Å². The van der Waals surface area contributed by atoms with Crippen molar-refractivity contribution in [2.45, 2.75) is 45.3 Å². The van der Waals surface area contributed by atoms with Gasteiger partial charge in [-0.25, -0.2) is 9.18 Å². The molecule has 140 valence electrons. The number of piperidine rings is 1. The molecule has 0 bridgehead atoms. The Morgan fingerprint density at radius 1 is 1.44 bits per heavy atom. The molecule has 0 aliphatic carbocycles. The lowest BCUT2D eigenvalue weighted by Crippen LogP contribution is -2.44. The normalized spacial score (nSPS) is 19.6. The molecule has 6 heteroatoms. The Hall–Kier alpha value is -1.66. The first-order valence-corrected chi connectivity index (χ1v) is 8.85. The minimum absolute atomic E-state index is 0.0784. The van der Waals surface area contributed by atoms with Crippen LogP contribution < -0.4 is 5.73 Å². The molecule has 2 atom stereocenters. The van der Waals surface area contributed by atoms with Gasteiger partial charge in [-0.15, -0.1) is 0 Å². The van der Waals surface area contributed by atoms with Gasteiger partial charge in [0.1, 0.15) is 11.4 Å². The van der Waals surface area contributed by atoms with Gasteiger partial charge in [0.25, 0.3) is 0 Å². The van der Waals surface area contributed by atoms with Gasteiger partial charge in [0.05, 0.1) is 12.7 Å². The fourth-order valence-corrected chi connectivity index (χ4v) is 3.13. The molecule has 0 radical (unpaired) electrons. The molecule has 1 heterocycles. The van der Waals surface area contributed by atoms with Crippen molar-refractivity contribution in [3.8, 4) is 0 Å². The van der Waals surface area contributed by atoms with Crippen molar-refractivity contribution in [1.82, 2.24) is 4.90 Å². The second kappa shape index (κ2) is 8.63. The first kappa shape index (κ1) is 19.7. The maximum Gasteiger partial charge on any atom is 0.410 e. The summed E-state index contributed by atoms with van der Waals surface area (Å²) in [6.07, 6.45) is 1.17. The number of amides is 1. The van der Waals surface area contributed by atoms with E-state index in [1.54, 1.807) is 11.0 Å². The van der Waals surface area contributed by atoms with Crippen LogP contribution in [0.25, 0.3) is 0 Å². The van der Waals surface area contributed by atoms with Crippen LogP contribution in [0, 0.1) is 11.7 Å². The summed E-state index contributed by atoms with van der Waals surface area (Å²) in [5.74, 6) is -0.215. The quantitative estimate of drug-likeness (QED) is 0.881. The summed E-state index contributed by atoms with van der Waals surface area (Å²) in [6, 6.07) is 6.44. The van der Waals surface area contributed by atoms with Crippen molar-refractivity contribution in [2.75, 3.05) is 26.2 Å². The molecule has 1 aliphatic rings. The molecule has 2 rings (SSSR count).